The molecule has 0 aliphatic carbocycles. The number of rotatable bonds is 3. The van der Waals surface area contributed by atoms with E-state index < -0.39 is 0 Å². The predicted octanol–water partition coefficient (Wildman–Crippen LogP) is -0.595. The highest BCUT2D eigenvalue weighted by atomic mass is 16.5. The lowest BCUT2D eigenvalue weighted by molar-refractivity contribution is -0.121. The lowest BCUT2D eigenvalue weighted by Gasteiger charge is -2.13. The first-order chi connectivity index (χ1) is 7.75. The maximum absolute atomic E-state index is 11.6. The molecule has 1 atom stereocenters. The largest absolute Gasteiger partial charge is 0.381 e. The molecule has 0 aromatic rings. The van der Waals surface area contributed by atoms with E-state index in [0.29, 0.717) is 37.6 Å². The molecule has 0 spiro atoms. The van der Waals surface area contributed by atoms with E-state index in [9.17, 15) is 9.59 Å². The molecule has 0 aromatic heterocycles. The maximum atomic E-state index is 11.6. The van der Waals surface area contributed by atoms with Crippen LogP contribution in [0.15, 0.2) is 5.10 Å². The Kier molecular flexibility index (Phi) is 3.51. The number of nitrogens with one attached hydrogen (secondary N) is 2. The van der Waals surface area contributed by atoms with Crippen LogP contribution in [0.1, 0.15) is 19.3 Å². The lowest BCUT2D eigenvalue weighted by atomic mass is 10.1. The van der Waals surface area contributed by atoms with Gasteiger partial charge in [-0.3, -0.25) is 9.59 Å². The molecule has 0 unspecified atom stereocenters. The fourth-order valence-electron chi connectivity index (χ4n) is 1.72. The Morgan fingerprint density at radius 3 is 3.06 bits per heavy atom. The third-order valence-corrected chi connectivity index (χ3v) is 2.74. The Morgan fingerprint density at radius 1 is 1.56 bits per heavy atom. The second kappa shape index (κ2) is 5.07. The van der Waals surface area contributed by atoms with Gasteiger partial charge in [0.15, 0.2) is 0 Å². The van der Waals surface area contributed by atoms with Crippen LogP contribution in [0.2, 0.25) is 0 Å². The molecule has 2 rings (SSSR count). The first-order valence-corrected chi connectivity index (χ1v) is 5.47. The fraction of sp³-hybridized carbons (Fsp3) is 0.700. The topological polar surface area (TPSA) is 79.8 Å². The number of carbonyl (C=O) groups is 2. The van der Waals surface area contributed by atoms with Crippen LogP contribution < -0.4 is 10.7 Å². The van der Waals surface area contributed by atoms with Gasteiger partial charge in [0, 0.05) is 31.9 Å². The summed E-state index contributed by atoms with van der Waals surface area (Å²) in [4.78, 5) is 22.5. The van der Waals surface area contributed by atoms with Crippen LogP contribution in [-0.4, -0.2) is 37.3 Å². The molecule has 0 saturated carbocycles. The van der Waals surface area contributed by atoms with Crippen molar-refractivity contribution in [3.63, 3.8) is 0 Å². The fourth-order valence-corrected chi connectivity index (χ4v) is 1.72. The summed E-state index contributed by atoms with van der Waals surface area (Å²) in [5, 5.41) is 6.54. The second-order valence-electron chi connectivity index (χ2n) is 4.03. The molecule has 0 bridgehead atoms. The van der Waals surface area contributed by atoms with Gasteiger partial charge in [-0.25, -0.2) is 5.43 Å². The molecule has 6 heteroatoms. The van der Waals surface area contributed by atoms with E-state index in [0.717, 1.165) is 13.0 Å². The molecule has 2 aliphatic rings. The summed E-state index contributed by atoms with van der Waals surface area (Å²) in [6.45, 7) is 2.10. The average molecular weight is 225 g/mol. The normalized spacial score (nSPS) is 24.9. The van der Waals surface area contributed by atoms with Gasteiger partial charge in [0.1, 0.15) is 5.71 Å². The summed E-state index contributed by atoms with van der Waals surface area (Å²) < 4.78 is 5.21. The standard InChI is InChI=1S/C10H15N3O3/c14-9-2-1-8(12-13-9)10(15)11-5-7-3-4-16-6-7/h7H,1-6H2,(H,11,15)(H,13,14)/t7-/m1/s1. The molecule has 2 amide bonds. The molecule has 2 aliphatic heterocycles. The summed E-state index contributed by atoms with van der Waals surface area (Å²) in [7, 11) is 0. The van der Waals surface area contributed by atoms with Crippen LogP contribution in [0.5, 0.6) is 0 Å². The van der Waals surface area contributed by atoms with Gasteiger partial charge in [-0.1, -0.05) is 0 Å². The van der Waals surface area contributed by atoms with E-state index in [2.05, 4.69) is 15.8 Å². The van der Waals surface area contributed by atoms with Crippen molar-refractivity contribution in [2.75, 3.05) is 19.8 Å². The van der Waals surface area contributed by atoms with Gasteiger partial charge in [-0.2, -0.15) is 5.10 Å². The SMILES string of the molecule is O=C1CCC(C(=O)NC[C@H]2CCOC2)=NN1. The van der Waals surface area contributed by atoms with Crippen LogP contribution in [0.3, 0.4) is 0 Å². The first kappa shape index (κ1) is 11.1. The third-order valence-electron chi connectivity index (χ3n) is 2.74. The van der Waals surface area contributed by atoms with E-state index in [-0.39, 0.29) is 11.8 Å². The number of nitrogens with zero attached hydrogens (tertiary/aromatic N) is 1. The van der Waals surface area contributed by atoms with Gasteiger partial charge in [0.2, 0.25) is 5.91 Å². The van der Waals surface area contributed by atoms with Crippen molar-refractivity contribution in [1.82, 2.24) is 10.7 Å². The Labute approximate surface area is 93.4 Å². The molecule has 1 saturated heterocycles. The van der Waals surface area contributed by atoms with Crippen molar-refractivity contribution in [1.29, 1.82) is 0 Å². The molecular weight excluding hydrogens is 210 g/mol. The molecule has 6 nitrogen and oxygen atoms in total. The minimum atomic E-state index is -0.188. The monoisotopic (exact) mass is 225 g/mol. The van der Waals surface area contributed by atoms with Crippen LogP contribution in [-0.2, 0) is 14.3 Å². The molecule has 1 fully saturated rings. The van der Waals surface area contributed by atoms with Gasteiger partial charge >= 0.3 is 0 Å². The van der Waals surface area contributed by atoms with Crippen LogP contribution in [0.25, 0.3) is 0 Å². The summed E-state index contributed by atoms with van der Waals surface area (Å²) >= 11 is 0. The van der Waals surface area contributed by atoms with Crippen LogP contribution in [0.4, 0.5) is 0 Å². The zero-order valence-electron chi connectivity index (χ0n) is 8.99. The molecular formula is C10H15N3O3. The maximum Gasteiger partial charge on any atom is 0.267 e. The van der Waals surface area contributed by atoms with Gasteiger partial charge in [0.25, 0.3) is 5.91 Å². The highest BCUT2D eigenvalue weighted by molar-refractivity contribution is 6.39. The van der Waals surface area contributed by atoms with Crippen molar-refractivity contribution in [2.24, 2.45) is 11.0 Å². The Hall–Kier alpha value is -1.43. The van der Waals surface area contributed by atoms with Gasteiger partial charge in [-0.05, 0) is 6.42 Å². The average Bonchev–Trinajstić information content (AvgIpc) is 2.80. The summed E-state index contributed by atoms with van der Waals surface area (Å²) in [5.41, 5.74) is 2.71. The van der Waals surface area contributed by atoms with Crippen molar-refractivity contribution < 1.29 is 14.3 Å². The molecule has 16 heavy (non-hydrogen) atoms. The van der Waals surface area contributed by atoms with Crippen molar-refractivity contribution in [3.8, 4) is 0 Å². The van der Waals surface area contributed by atoms with Gasteiger partial charge in [0.05, 0.1) is 6.61 Å². The zero-order chi connectivity index (χ0) is 11.4. The molecule has 0 aromatic carbocycles. The predicted molar refractivity (Wildman–Crippen MR) is 56.7 cm³/mol. The number of hydrogen-bond acceptors (Lipinski definition) is 4. The minimum absolute atomic E-state index is 0.138. The van der Waals surface area contributed by atoms with E-state index in [1.807, 2.05) is 0 Å². The van der Waals surface area contributed by atoms with E-state index in [1.54, 1.807) is 0 Å². The number of hydrazone groups is 1. The Morgan fingerprint density at radius 2 is 2.44 bits per heavy atom. The smallest absolute Gasteiger partial charge is 0.267 e. The van der Waals surface area contributed by atoms with Crippen LogP contribution >= 0.6 is 0 Å². The third kappa shape index (κ3) is 2.79. The summed E-state index contributed by atoms with van der Waals surface area (Å²) in [6, 6.07) is 0. The molecule has 0 radical (unpaired) electrons. The number of hydrogen-bond donors (Lipinski definition) is 2. The van der Waals surface area contributed by atoms with E-state index in [4.69, 9.17) is 4.74 Å². The van der Waals surface area contributed by atoms with E-state index in [1.165, 1.54) is 0 Å². The molecule has 88 valence electrons. The van der Waals surface area contributed by atoms with Crippen molar-refractivity contribution in [2.45, 2.75) is 19.3 Å². The Bertz CT molecular complexity index is 321. The number of amides is 2. The van der Waals surface area contributed by atoms with Crippen LogP contribution in [0, 0.1) is 5.92 Å². The summed E-state index contributed by atoms with van der Waals surface area (Å²) in [5.74, 6) is 0.0791. The lowest BCUT2D eigenvalue weighted by Crippen LogP contribution is -2.38. The number of carbonyl (C=O) groups excluding carboxylic acids is 2. The zero-order valence-corrected chi connectivity index (χ0v) is 8.99. The molecule has 2 N–H and O–H groups in total. The quantitative estimate of drug-likeness (QED) is 0.673. The summed E-state index contributed by atoms with van der Waals surface area (Å²) in [6.07, 6.45) is 1.74. The Balaban J connectivity index is 1.76. The first-order valence-electron chi connectivity index (χ1n) is 5.47. The highest BCUT2D eigenvalue weighted by Gasteiger charge is 2.20. The van der Waals surface area contributed by atoms with Gasteiger partial charge < -0.3 is 10.1 Å². The van der Waals surface area contributed by atoms with Crippen molar-refractivity contribution >= 4 is 17.5 Å². The van der Waals surface area contributed by atoms with Crippen molar-refractivity contribution in [3.05, 3.63) is 0 Å². The molecule has 2 heterocycles. The second-order valence-corrected chi connectivity index (χ2v) is 4.03. The van der Waals surface area contributed by atoms with E-state index >= 15 is 0 Å². The number of ether oxygens (including phenoxy) is 1. The highest BCUT2D eigenvalue weighted by Crippen LogP contribution is 2.10. The van der Waals surface area contributed by atoms with Gasteiger partial charge in [-0.15, -0.1) is 0 Å². The minimum Gasteiger partial charge on any atom is -0.381 e.